The van der Waals surface area contributed by atoms with E-state index in [0.717, 1.165) is 13.1 Å². The lowest BCUT2D eigenvalue weighted by atomic mass is 10.0. The van der Waals surface area contributed by atoms with Gasteiger partial charge in [-0.2, -0.15) is 0 Å². The minimum Gasteiger partial charge on any atom is -0.450 e. The van der Waals surface area contributed by atoms with Crippen LogP contribution in [0.3, 0.4) is 0 Å². The van der Waals surface area contributed by atoms with Crippen LogP contribution in [0.15, 0.2) is 70.1 Å². The van der Waals surface area contributed by atoms with Crippen molar-refractivity contribution in [3.63, 3.8) is 0 Å². The van der Waals surface area contributed by atoms with E-state index >= 15 is 0 Å². The number of hydrogen-bond acceptors (Lipinski definition) is 8. The molecule has 35 heavy (non-hydrogen) atoms. The first-order chi connectivity index (χ1) is 16.6. The van der Waals surface area contributed by atoms with E-state index in [0.29, 0.717) is 16.3 Å². The first-order valence-corrected chi connectivity index (χ1v) is 14.1. The van der Waals surface area contributed by atoms with Crippen LogP contribution in [0.5, 0.6) is 0 Å². The number of rotatable bonds is 7. The van der Waals surface area contributed by atoms with Crippen LogP contribution in [0.25, 0.3) is 0 Å². The van der Waals surface area contributed by atoms with E-state index in [1.165, 1.54) is 22.7 Å². The summed E-state index contributed by atoms with van der Waals surface area (Å²) >= 11 is 5.82. The van der Waals surface area contributed by atoms with Gasteiger partial charge in [-0.1, -0.05) is 50.0 Å². The Bertz CT molecular complexity index is 955. The highest BCUT2D eigenvalue weighted by Gasteiger charge is 2.43. The van der Waals surface area contributed by atoms with Crippen molar-refractivity contribution in [1.29, 1.82) is 0 Å². The van der Waals surface area contributed by atoms with Crippen LogP contribution in [-0.2, 0) is 15.1 Å². The Morgan fingerprint density at radius 3 is 1.83 bits per heavy atom. The standard InChI is InChI=1S/C18H21NO3S2.2C4H3S.ClH/c1-3-19(4-2)11-5-6-12-22-17(20)18(21,15-9-7-13-23-15)16-10-8-14-24-16;2*1-2-4-5-3-1;/h7-10,13-14,21H,3-4,11-12H2,1-2H3;2*1-3H;1H. The monoisotopic (exact) mass is 565 g/mol. The Kier molecular flexibility index (Phi) is 16.3. The summed E-state index contributed by atoms with van der Waals surface area (Å²) in [7, 11) is 0. The van der Waals surface area contributed by atoms with Crippen LogP contribution < -0.4 is 0 Å². The lowest BCUT2D eigenvalue weighted by molar-refractivity contribution is -0.160. The van der Waals surface area contributed by atoms with Crippen LogP contribution >= 0.6 is 57.8 Å². The van der Waals surface area contributed by atoms with Crippen LogP contribution in [0, 0.1) is 22.6 Å². The molecule has 0 saturated heterocycles. The van der Waals surface area contributed by atoms with Gasteiger partial charge in [0.2, 0.25) is 5.60 Å². The van der Waals surface area contributed by atoms with Crippen LogP contribution in [0.1, 0.15) is 23.6 Å². The van der Waals surface area contributed by atoms with E-state index in [2.05, 4.69) is 41.3 Å². The molecule has 1 N–H and O–H groups in total. The molecule has 186 valence electrons. The fourth-order valence-corrected chi connectivity index (χ4v) is 5.06. The number of carbonyl (C=O) groups excluding carboxylic acids is 1. The number of hydrogen-bond donors (Lipinski definition) is 1. The molecule has 2 radical (unpaired) electrons. The molecule has 0 spiro atoms. The smallest absolute Gasteiger partial charge is 0.350 e. The van der Waals surface area contributed by atoms with E-state index < -0.39 is 11.6 Å². The van der Waals surface area contributed by atoms with E-state index in [4.69, 9.17) is 4.74 Å². The van der Waals surface area contributed by atoms with Gasteiger partial charge in [-0.15, -0.1) is 57.8 Å². The Balaban J connectivity index is 0.000000456. The Labute approximate surface area is 230 Å². The zero-order valence-electron chi connectivity index (χ0n) is 19.5. The summed E-state index contributed by atoms with van der Waals surface area (Å²) in [6, 6.07) is 14.8. The number of thiophene rings is 4. The van der Waals surface area contributed by atoms with E-state index in [1.807, 2.05) is 45.8 Å². The number of ether oxygens (including phenoxy) is 1. The second-order valence-electron chi connectivity index (χ2n) is 6.52. The normalized spacial score (nSPS) is 9.94. The average Bonchev–Trinajstić information content (AvgIpc) is 3.71. The van der Waals surface area contributed by atoms with Gasteiger partial charge in [-0.25, -0.2) is 4.79 Å². The van der Waals surface area contributed by atoms with Crippen LogP contribution in [-0.4, -0.2) is 42.2 Å². The molecule has 0 aliphatic carbocycles. The summed E-state index contributed by atoms with van der Waals surface area (Å²) in [4.78, 5) is 15.8. The first-order valence-electron chi connectivity index (χ1n) is 10.6. The van der Waals surface area contributed by atoms with Gasteiger partial charge < -0.3 is 9.84 Å². The molecule has 0 fully saturated rings. The van der Waals surface area contributed by atoms with Crippen LogP contribution in [0.4, 0.5) is 0 Å². The molecular weight excluding hydrogens is 538 g/mol. The molecule has 0 aliphatic heterocycles. The molecule has 0 bridgehead atoms. The first kappa shape index (κ1) is 31.1. The number of carbonyl (C=O) groups is 1. The summed E-state index contributed by atoms with van der Waals surface area (Å²) in [6.07, 6.45) is 0. The SMILES string of the molecule is CCN(CC)CC#CCOC(=O)C(O)(c1cccs1)c1cccs1.Cl.[c]1cccs1.[c]1cccs1. The third-order valence-electron chi connectivity index (χ3n) is 4.41. The van der Waals surface area contributed by atoms with E-state index in [-0.39, 0.29) is 19.0 Å². The average molecular weight is 566 g/mol. The molecule has 4 rings (SSSR count). The molecule has 0 aliphatic rings. The van der Waals surface area contributed by atoms with Crippen molar-refractivity contribution in [2.75, 3.05) is 26.2 Å². The van der Waals surface area contributed by atoms with Gasteiger partial charge in [0.05, 0.1) is 16.3 Å². The molecule has 4 nitrogen and oxygen atoms in total. The highest BCUT2D eigenvalue weighted by Crippen LogP contribution is 2.36. The highest BCUT2D eigenvalue weighted by molar-refractivity contribution is 7.12. The number of halogens is 1. The molecule has 9 heteroatoms. The van der Waals surface area contributed by atoms with Gasteiger partial charge in [-0.3, -0.25) is 4.90 Å². The molecule has 0 aromatic carbocycles. The van der Waals surface area contributed by atoms with E-state index in [1.54, 1.807) is 46.9 Å². The molecule has 0 saturated carbocycles. The molecule has 0 unspecified atom stereocenters. The van der Waals surface area contributed by atoms with Gasteiger partial charge in [0.1, 0.15) is 0 Å². The molecule has 4 aromatic heterocycles. The molecule has 0 atom stereocenters. The van der Waals surface area contributed by atoms with Crippen molar-refractivity contribution in [3.8, 4) is 11.8 Å². The van der Waals surface area contributed by atoms with Crippen molar-refractivity contribution >= 4 is 63.7 Å². The number of aliphatic hydroxyl groups is 1. The van der Waals surface area contributed by atoms with E-state index in [9.17, 15) is 9.90 Å². The summed E-state index contributed by atoms with van der Waals surface area (Å²) in [5.41, 5.74) is -1.76. The molecular formula is C26H28ClNO3S4. The van der Waals surface area contributed by atoms with Crippen molar-refractivity contribution < 1.29 is 14.6 Å². The third-order valence-corrected chi connectivity index (χ3v) is 7.49. The zero-order valence-corrected chi connectivity index (χ0v) is 23.6. The van der Waals surface area contributed by atoms with Crippen molar-refractivity contribution in [2.45, 2.75) is 19.4 Å². The summed E-state index contributed by atoms with van der Waals surface area (Å²) in [5.74, 6) is 5.13. The summed E-state index contributed by atoms with van der Waals surface area (Å²) in [5, 5.41) is 24.4. The Morgan fingerprint density at radius 1 is 0.943 bits per heavy atom. The summed E-state index contributed by atoms with van der Waals surface area (Å²) in [6.45, 7) is 6.63. The predicted molar refractivity (Wildman–Crippen MR) is 152 cm³/mol. The van der Waals surface area contributed by atoms with Crippen molar-refractivity contribution in [3.05, 3.63) is 90.6 Å². The molecule has 4 aromatic rings. The quantitative estimate of drug-likeness (QED) is 0.207. The van der Waals surface area contributed by atoms with Gasteiger partial charge in [0.15, 0.2) is 6.61 Å². The van der Waals surface area contributed by atoms with Gasteiger partial charge >= 0.3 is 5.97 Å². The van der Waals surface area contributed by atoms with Crippen LogP contribution in [0.2, 0.25) is 0 Å². The maximum absolute atomic E-state index is 12.5. The minimum atomic E-state index is -1.76. The highest BCUT2D eigenvalue weighted by atomic mass is 35.5. The zero-order chi connectivity index (χ0) is 24.5. The fraction of sp³-hybridized carbons (Fsp3) is 0.269. The maximum Gasteiger partial charge on any atom is 0.350 e. The third kappa shape index (κ3) is 10.7. The maximum atomic E-state index is 12.5. The summed E-state index contributed by atoms with van der Waals surface area (Å²) < 4.78 is 5.24. The fourth-order valence-electron chi connectivity index (χ4n) is 2.56. The molecule has 0 amide bonds. The number of nitrogens with zero attached hydrogens (tertiary/aromatic N) is 1. The second kappa shape index (κ2) is 18.3. The van der Waals surface area contributed by atoms with Gasteiger partial charge in [-0.05, 0) is 58.9 Å². The Morgan fingerprint density at radius 2 is 1.49 bits per heavy atom. The Hall–Kier alpha value is -1.96. The van der Waals surface area contributed by atoms with Crippen molar-refractivity contribution in [2.24, 2.45) is 0 Å². The second-order valence-corrected chi connectivity index (χ2v) is 9.90. The lowest BCUT2D eigenvalue weighted by Gasteiger charge is -2.23. The largest absolute Gasteiger partial charge is 0.450 e. The molecule has 4 heterocycles. The van der Waals surface area contributed by atoms with Gasteiger partial charge in [0.25, 0.3) is 0 Å². The lowest BCUT2D eigenvalue weighted by Crippen LogP contribution is -2.37. The van der Waals surface area contributed by atoms with Crippen molar-refractivity contribution in [1.82, 2.24) is 4.90 Å². The minimum absolute atomic E-state index is 0. The van der Waals surface area contributed by atoms with Gasteiger partial charge in [0, 0.05) is 10.8 Å². The topological polar surface area (TPSA) is 49.8 Å². The number of esters is 1. The predicted octanol–water partition coefficient (Wildman–Crippen LogP) is 6.45.